The number of benzene rings is 1. The van der Waals surface area contributed by atoms with Crippen LogP contribution in [0, 0.1) is 12.3 Å². The summed E-state index contributed by atoms with van der Waals surface area (Å²) in [4.78, 5) is 0. The summed E-state index contributed by atoms with van der Waals surface area (Å²) >= 11 is 0. The SMILES string of the molecule is C#CCC(CC)NCC(=C)c1ccccc1. The van der Waals surface area contributed by atoms with Crippen LogP contribution in [0.5, 0.6) is 0 Å². The Bertz CT molecular complexity index is 359. The third-order valence-electron chi connectivity index (χ3n) is 2.64. The Balaban J connectivity index is 2.44. The zero-order valence-electron chi connectivity index (χ0n) is 9.87. The van der Waals surface area contributed by atoms with Crippen LogP contribution >= 0.6 is 0 Å². The molecule has 0 aliphatic rings. The van der Waals surface area contributed by atoms with E-state index in [2.05, 4.69) is 36.9 Å². The van der Waals surface area contributed by atoms with E-state index in [-0.39, 0.29) is 0 Å². The van der Waals surface area contributed by atoms with Crippen LogP contribution in [0.15, 0.2) is 36.9 Å². The Labute approximate surface area is 98.6 Å². The minimum Gasteiger partial charge on any atom is -0.309 e. The molecular formula is C15H19N. The number of rotatable bonds is 6. The predicted octanol–water partition coefficient (Wildman–Crippen LogP) is 3.09. The molecule has 0 spiro atoms. The summed E-state index contributed by atoms with van der Waals surface area (Å²) in [5, 5.41) is 3.43. The van der Waals surface area contributed by atoms with E-state index < -0.39 is 0 Å². The van der Waals surface area contributed by atoms with Gasteiger partial charge in [-0.1, -0.05) is 43.8 Å². The lowest BCUT2D eigenvalue weighted by Crippen LogP contribution is -2.29. The standard InChI is InChI=1S/C15H19N/c1-4-9-15(5-2)16-12-13(3)14-10-7-6-8-11-14/h1,6-8,10-11,15-16H,3,5,9,12H2,2H3. The van der Waals surface area contributed by atoms with E-state index in [1.807, 2.05) is 18.2 Å². The summed E-state index contributed by atoms with van der Waals surface area (Å²) in [6, 6.07) is 10.6. The van der Waals surface area contributed by atoms with Crippen molar-refractivity contribution in [3.8, 4) is 12.3 Å². The van der Waals surface area contributed by atoms with Crippen LogP contribution in [0.2, 0.25) is 0 Å². The largest absolute Gasteiger partial charge is 0.309 e. The Kier molecular flexibility index (Phi) is 5.39. The fourth-order valence-electron chi connectivity index (χ4n) is 1.55. The fraction of sp³-hybridized carbons (Fsp3) is 0.333. The molecule has 1 heteroatoms. The van der Waals surface area contributed by atoms with Crippen molar-refractivity contribution < 1.29 is 0 Å². The first-order valence-electron chi connectivity index (χ1n) is 5.68. The molecular weight excluding hydrogens is 194 g/mol. The van der Waals surface area contributed by atoms with Gasteiger partial charge in [-0.05, 0) is 17.6 Å². The highest BCUT2D eigenvalue weighted by atomic mass is 14.9. The van der Waals surface area contributed by atoms with Gasteiger partial charge >= 0.3 is 0 Å². The highest BCUT2D eigenvalue weighted by Gasteiger charge is 2.04. The van der Waals surface area contributed by atoms with Gasteiger partial charge in [0.1, 0.15) is 0 Å². The van der Waals surface area contributed by atoms with Crippen molar-refractivity contribution in [2.24, 2.45) is 0 Å². The van der Waals surface area contributed by atoms with Crippen molar-refractivity contribution in [1.82, 2.24) is 5.32 Å². The first-order chi connectivity index (χ1) is 7.77. The smallest absolute Gasteiger partial charge is 0.0240 e. The van der Waals surface area contributed by atoms with Gasteiger partial charge in [0.15, 0.2) is 0 Å². The van der Waals surface area contributed by atoms with Gasteiger partial charge in [0, 0.05) is 19.0 Å². The van der Waals surface area contributed by atoms with E-state index in [4.69, 9.17) is 6.42 Å². The number of hydrogen-bond acceptors (Lipinski definition) is 1. The van der Waals surface area contributed by atoms with Gasteiger partial charge in [0.2, 0.25) is 0 Å². The van der Waals surface area contributed by atoms with Gasteiger partial charge in [-0.3, -0.25) is 0 Å². The van der Waals surface area contributed by atoms with E-state index in [9.17, 15) is 0 Å². The van der Waals surface area contributed by atoms with Crippen molar-refractivity contribution >= 4 is 5.57 Å². The monoisotopic (exact) mass is 213 g/mol. The van der Waals surface area contributed by atoms with E-state index >= 15 is 0 Å². The molecule has 84 valence electrons. The maximum atomic E-state index is 5.31. The molecule has 0 aliphatic heterocycles. The minimum absolute atomic E-state index is 0.394. The van der Waals surface area contributed by atoms with Crippen LogP contribution in [0.3, 0.4) is 0 Å². The Hall–Kier alpha value is -1.52. The van der Waals surface area contributed by atoms with Crippen LogP contribution < -0.4 is 5.32 Å². The van der Waals surface area contributed by atoms with Crippen molar-refractivity contribution in [3.05, 3.63) is 42.5 Å². The van der Waals surface area contributed by atoms with Crippen molar-refractivity contribution in [3.63, 3.8) is 0 Å². The number of nitrogens with one attached hydrogen (secondary N) is 1. The Morgan fingerprint density at radius 1 is 1.44 bits per heavy atom. The van der Waals surface area contributed by atoms with Gasteiger partial charge in [-0.25, -0.2) is 0 Å². The molecule has 1 atom stereocenters. The zero-order chi connectivity index (χ0) is 11.8. The van der Waals surface area contributed by atoms with Gasteiger partial charge in [-0.2, -0.15) is 0 Å². The third-order valence-corrected chi connectivity index (χ3v) is 2.64. The molecule has 0 heterocycles. The second-order valence-corrected chi connectivity index (χ2v) is 3.86. The third kappa shape index (κ3) is 3.92. The van der Waals surface area contributed by atoms with E-state index in [1.165, 1.54) is 5.56 Å². The Morgan fingerprint density at radius 3 is 2.69 bits per heavy atom. The maximum Gasteiger partial charge on any atom is 0.0240 e. The quantitative estimate of drug-likeness (QED) is 0.716. The van der Waals surface area contributed by atoms with Crippen LogP contribution in [0.1, 0.15) is 25.3 Å². The Morgan fingerprint density at radius 2 is 2.12 bits per heavy atom. The average Bonchev–Trinajstić information content (AvgIpc) is 2.35. The highest BCUT2D eigenvalue weighted by molar-refractivity contribution is 5.64. The molecule has 1 nitrogen and oxygen atoms in total. The molecule has 0 amide bonds. The van der Waals surface area contributed by atoms with E-state index in [0.29, 0.717) is 6.04 Å². The molecule has 0 saturated heterocycles. The zero-order valence-corrected chi connectivity index (χ0v) is 9.87. The molecule has 1 rings (SSSR count). The minimum atomic E-state index is 0.394. The van der Waals surface area contributed by atoms with E-state index in [1.54, 1.807) is 0 Å². The second-order valence-electron chi connectivity index (χ2n) is 3.86. The van der Waals surface area contributed by atoms with Gasteiger partial charge < -0.3 is 5.32 Å². The van der Waals surface area contributed by atoms with Crippen LogP contribution in [0.25, 0.3) is 5.57 Å². The second kappa shape index (κ2) is 6.87. The molecule has 16 heavy (non-hydrogen) atoms. The van der Waals surface area contributed by atoms with Gasteiger partial charge in [0.05, 0.1) is 0 Å². The van der Waals surface area contributed by atoms with Gasteiger partial charge in [-0.15, -0.1) is 12.3 Å². The maximum absolute atomic E-state index is 5.31. The summed E-state index contributed by atoms with van der Waals surface area (Å²) in [5.41, 5.74) is 2.29. The van der Waals surface area contributed by atoms with Crippen molar-refractivity contribution in [2.45, 2.75) is 25.8 Å². The summed E-state index contributed by atoms with van der Waals surface area (Å²) < 4.78 is 0. The summed E-state index contributed by atoms with van der Waals surface area (Å²) in [7, 11) is 0. The van der Waals surface area contributed by atoms with Crippen molar-refractivity contribution in [2.75, 3.05) is 6.54 Å². The first kappa shape index (κ1) is 12.5. The first-order valence-corrected chi connectivity index (χ1v) is 5.68. The van der Waals surface area contributed by atoms with Crippen LogP contribution in [-0.4, -0.2) is 12.6 Å². The molecule has 1 unspecified atom stereocenters. The summed E-state index contributed by atoms with van der Waals surface area (Å²) in [6.07, 6.45) is 7.13. The van der Waals surface area contributed by atoms with Crippen molar-refractivity contribution in [1.29, 1.82) is 0 Å². The molecule has 0 fully saturated rings. The lowest BCUT2D eigenvalue weighted by atomic mass is 10.1. The normalized spacial score (nSPS) is 11.8. The summed E-state index contributed by atoms with van der Waals surface area (Å²) in [5.74, 6) is 2.69. The topological polar surface area (TPSA) is 12.0 Å². The molecule has 1 aromatic carbocycles. The summed E-state index contributed by atoms with van der Waals surface area (Å²) in [6.45, 7) is 7.01. The lowest BCUT2D eigenvalue weighted by molar-refractivity contribution is 0.539. The average molecular weight is 213 g/mol. The molecule has 0 bridgehead atoms. The molecule has 0 aromatic heterocycles. The molecule has 0 radical (unpaired) electrons. The molecule has 0 saturated carbocycles. The molecule has 1 aromatic rings. The van der Waals surface area contributed by atoms with Crippen LogP contribution in [0.4, 0.5) is 0 Å². The van der Waals surface area contributed by atoms with Gasteiger partial charge in [0.25, 0.3) is 0 Å². The number of hydrogen-bond donors (Lipinski definition) is 1. The highest BCUT2D eigenvalue weighted by Crippen LogP contribution is 2.10. The number of terminal acetylenes is 1. The van der Waals surface area contributed by atoms with E-state index in [0.717, 1.165) is 25.0 Å². The van der Waals surface area contributed by atoms with Crippen LogP contribution in [-0.2, 0) is 0 Å². The molecule has 1 N–H and O–H groups in total. The molecule has 0 aliphatic carbocycles. The lowest BCUT2D eigenvalue weighted by Gasteiger charge is -2.15. The predicted molar refractivity (Wildman–Crippen MR) is 71.0 cm³/mol. The fourth-order valence-corrected chi connectivity index (χ4v) is 1.55.